The summed E-state index contributed by atoms with van der Waals surface area (Å²) in [6.45, 7) is 2.58. The zero-order valence-electron chi connectivity index (χ0n) is 31.8. The first-order valence-corrected chi connectivity index (χ1v) is 21.5. The first-order valence-electron chi connectivity index (χ1n) is 19.2. The summed E-state index contributed by atoms with van der Waals surface area (Å²) >= 11 is 37.6. The molecule has 302 valence electrons. The van der Waals surface area contributed by atoms with Crippen molar-refractivity contribution in [3.63, 3.8) is 0 Å². The fourth-order valence-electron chi connectivity index (χ4n) is 6.61. The van der Waals surface area contributed by atoms with Gasteiger partial charge in [-0.25, -0.2) is 9.36 Å². The zero-order valence-corrected chi connectivity index (χ0v) is 36.3. The maximum Gasteiger partial charge on any atom is 0.272 e. The highest BCUT2D eigenvalue weighted by Gasteiger charge is 2.21. The van der Waals surface area contributed by atoms with E-state index in [1.165, 1.54) is 0 Å². The molecule has 0 aliphatic carbocycles. The Bertz CT molecular complexity index is 2340. The van der Waals surface area contributed by atoms with Crippen LogP contribution in [-0.2, 0) is 0 Å². The van der Waals surface area contributed by atoms with E-state index in [4.69, 9.17) is 69.6 Å². The Morgan fingerprint density at radius 1 is 0.534 bits per heavy atom. The van der Waals surface area contributed by atoms with Crippen molar-refractivity contribution in [2.45, 2.75) is 70.8 Å². The second kappa shape index (κ2) is 20.8. The smallest absolute Gasteiger partial charge is 0.272 e. The Morgan fingerprint density at radius 3 is 1.41 bits per heavy atom. The average Bonchev–Trinajstić information content (AvgIpc) is 3.84. The van der Waals surface area contributed by atoms with Crippen LogP contribution in [0.5, 0.6) is 0 Å². The molecule has 0 aliphatic heterocycles. The van der Waals surface area contributed by atoms with Gasteiger partial charge in [0.25, 0.3) is 11.8 Å². The van der Waals surface area contributed by atoms with Crippen LogP contribution in [0.2, 0.25) is 30.1 Å². The van der Waals surface area contributed by atoms with Gasteiger partial charge in [0.15, 0.2) is 11.4 Å². The monoisotopic (exact) mass is 896 g/mol. The lowest BCUT2D eigenvalue weighted by molar-refractivity contribution is 0.0929. The molecule has 4 aromatic carbocycles. The van der Waals surface area contributed by atoms with Crippen LogP contribution in [-0.4, -0.2) is 44.0 Å². The summed E-state index contributed by atoms with van der Waals surface area (Å²) in [5, 5.41) is 18.5. The van der Waals surface area contributed by atoms with Gasteiger partial charge in [0, 0.05) is 43.8 Å². The van der Waals surface area contributed by atoms with Crippen molar-refractivity contribution in [1.29, 1.82) is 0 Å². The van der Waals surface area contributed by atoms with Crippen LogP contribution in [0, 0.1) is 0 Å². The Labute approximate surface area is 368 Å². The molecule has 2 heterocycles. The standard InChI is InChI=1S/C44H42Cl6N6O2/c1-28(52-44(58)38-27-42(30-13-17-32(46)18-14-30)56(54-38)40-22-20-34(48)25-36(40)50)10-8-6-4-2-3-5-7-9-23-51-43(57)37-26-41(29-11-15-31(45)16-12-29)55(53-37)39-21-19-33(47)24-35(39)49/h11-22,24-28H,2-10,23H2,1H3,(H,51,57)(H,52,58). The van der Waals surface area contributed by atoms with Crippen LogP contribution >= 0.6 is 69.6 Å². The van der Waals surface area contributed by atoms with Crippen LogP contribution in [0.25, 0.3) is 33.9 Å². The van der Waals surface area contributed by atoms with E-state index in [0.29, 0.717) is 70.8 Å². The normalized spacial score (nSPS) is 11.8. The zero-order chi connectivity index (χ0) is 41.2. The summed E-state index contributed by atoms with van der Waals surface area (Å²) in [6.07, 6.45) is 9.37. The van der Waals surface area contributed by atoms with Gasteiger partial charge in [-0.05, 0) is 92.6 Å². The number of rotatable bonds is 18. The van der Waals surface area contributed by atoms with Crippen LogP contribution in [0.15, 0.2) is 97.1 Å². The van der Waals surface area contributed by atoms with Gasteiger partial charge in [-0.15, -0.1) is 0 Å². The lowest BCUT2D eigenvalue weighted by Gasteiger charge is -2.13. The number of benzene rings is 4. The fourth-order valence-corrected chi connectivity index (χ4v) is 7.84. The quantitative estimate of drug-likeness (QED) is 0.0840. The maximum atomic E-state index is 13.3. The molecule has 0 spiro atoms. The molecule has 0 aliphatic rings. The van der Waals surface area contributed by atoms with E-state index in [2.05, 4.69) is 20.8 Å². The molecule has 2 N–H and O–H groups in total. The molecule has 6 rings (SSSR count). The largest absolute Gasteiger partial charge is 0.351 e. The van der Waals surface area contributed by atoms with E-state index in [1.807, 2.05) is 31.2 Å². The molecule has 14 heteroatoms. The number of hydrogen-bond donors (Lipinski definition) is 2. The molecule has 8 nitrogen and oxygen atoms in total. The van der Waals surface area contributed by atoms with Gasteiger partial charge in [0.05, 0.1) is 32.8 Å². The lowest BCUT2D eigenvalue weighted by Crippen LogP contribution is -2.32. The number of aromatic nitrogens is 4. The van der Waals surface area contributed by atoms with Gasteiger partial charge in [-0.3, -0.25) is 9.59 Å². The van der Waals surface area contributed by atoms with E-state index in [-0.39, 0.29) is 17.9 Å². The van der Waals surface area contributed by atoms with Crippen LogP contribution in [0.1, 0.15) is 85.7 Å². The predicted octanol–water partition coefficient (Wildman–Crippen LogP) is 13.4. The van der Waals surface area contributed by atoms with Crippen LogP contribution < -0.4 is 10.6 Å². The Hall–Kier alpha value is -4.02. The highest BCUT2D eigenvalue weighted by atomic mass is 35.5. The topological polar surface area (TPSA) is 93.8 Å². The number of halogens is 6. The first kappa shape index (κ1) is 43.6. The predicted molar refractivity (Wildman–Crippen MR) is 239 cm³/mol. The summed E-state index contributed by atoms with van der Waals surface area (Å²) in [6, 6.07) is 28.5. The van der Waals surface area contributed by atoms with Crippen molar-refractivity contribution in [2.24, 2.45) is 0 Å². The molecule has 1 unspecified atom stereocenters. The fraction of sp³-hybridized carbons (Fsp3) is 0.273. The van der Waals surface area contributed by atoms with Gasteiger partial charge in [0.1, 0.15) is 0 Å². The third-order valence-electron chi connectivity index (χ3n) is 9.67. The van der Waals surface area contributed by atoms with Crippen molar-refractivity contribution in [3.8, 4) is 33.9 Å². The molecular formula is C44H42Cl6N6O2. The minimum absolute atomic E-state index is 0.0148. The molecule has 0 saturated carbocycles. The molecule has 0 fully saturated rings. The maximum absolute atomic E-state index is 13.3. The van der Waals surface area contributed by atoms with Gasteiger partial charge in [-0.2, -0.15) is 10.2 Å². The Balaban J connectivity index is 0.895. The SMILES string of the molecule is CC(CCCCCCCCCCNC(=O)c1cc(-c2ccc(Cl)cc2)n(-c2ccc(Cl)cc2Cl)n1)NC(=O)c1cc(-c2ccc(Cl)cc2)n(-c2ccc(Cl)cc2Cl)n1. The number of carbonyl (C=O) groups is 2. The van der Waals surface area contributed by atoms with E-state index >= 15 is 0 Å². The minimum atomic E-state index is -0.247. The van der Waals surface area contributed by atoms with Gasteiger partial charge in [0.2, 0.25) is 0 Å². The number of amides is 2. The minimum Gasteiger partial charge on any atom is -0.351 e. The number of unbranched alkanes of at least 4 members (excludes halogenated alkanes) is 7. The summed E-state index contributed by atoms with van der Waals surface area (Å²) in [4.78, 5) is 26.4. The number of nitrogens with one attached hydrogen (secondary N) is 2. The first-order chi connectivity index (χ1) is 28.0. The van der Waals surface area contributed by atoms with Crippen LogP contribution in [0.4, 0.5) is 0 Å². The van der Waals surface area contributed by atoms with Gasteiger partial charge >= 0.3 is 0 Å². The Morgan fingerprint density at radius 2 is 0.948 bits per heavy atom. The summed E-state index contributed by atoms with van der Waals surface area (Å²) < 4.78 is 3.32. The molecule has 6 aromatic rings. The average molecular weight is 900 g/mol. The molecular weight excluding hydrogens is 857 g/mol. The summed E-state index contributed by atoms with van der Waals surface area (Å²) in [7, 11) is 0. The van der Waals surface area contributed by atoms with Gasteiger partial charge < -0.3 is 10.6 Å². The number of carbonyl (C=O) groups excluding carboxylic acids is 2. The lowest BCUT2D eigenvalue weighted by atomic mass is 10.0. The van der Waals surface area contributed by atoms with E-state index in [1.54, 1.807) is 82.2 Å². The summed E-state index contributed by atoms with van der Waals surface area (Å²) in [5.41, 5.74) is 4.91. The van der Waals surface area contributed by atoms with E-state index in [9.17, 15) is 9.59 Å². The molecule has 0 radical (unpaired) electrons. The number of hydrogen-bond acceptors (Lipinski definition) is 4. The molecule has 2 aromatic heterocycles. The highest BCUT2D eigenvalue weighted by molar-refractivity contribution is 6.36. The molecule has 2 amide bonds. The van der Waals surface area contributed by atoms with E-state index < -0.39 is 0 Å². The van der Waals surface area contributed by atoms with Crippen LogP contribution in [0.3, 0.4) is 0 Å². The van der Waals surface area contributed by atoms with E-state index in [0.717, 1.165) is 68.9 Å². The second-order valence-electron chi connectivity index (χ2n) is 14.1. The van der Waals surface area contributed by atoms with Crippen molar-refractivity contribution in [2.75, 3.05) is 6.54 Å². The third-order valence-corrected chi connectivity index (χ3v) is 11.2. The Kier molecular flexibility index (Phi) is 15.6. The van der Waals surface area contributed by atoms with Crippen molar-refractivity contribution >= 4 is 81.4 Å². The third kappa shape index (κ3) is 11.6. The van der Waals surface area contributed by atoms with Crippen molar-refractivity contribution in [1.82, 2.24) is 30.2 Å². The molecule has 0 bridgehead atoms. The van der Waals surface area contributed by atoms with Crippen molar-refractivity contribution < 1.29 is 9.59 Å². The second-order valence-corrected chi connectivity index (χ2v) is 16.7. The molecule has 1 atom stereocenters. The molecule has 58 heavy (non-hydrogen) atoms. The number of nitrogens with zero attached hydrogens (tertiary/aromatic N) is 4. The summed E-state index contributed by atoms with van der Waals surface area (Å²) in [5.74, 6) is -0.493. The highest BCUT2D eigenvalue weighted by Crippen LogP contribution is 2.32. The van der Waals surface area contributed by atoms with Crippen molar-refractivity contribution in [3.05, 3.63) is 139 Å². The van der Waals surface area contributed by atoms with Gasteiger partial charge in [-0.1, -0.05) is 139 Å². The molecule has 0 saturated heterocycles.